The van der Waals surface area contributed by atoms with Gasteiger partial charge < -0.3 is 25.4 Å². The van der Waals surface area contributed by atoms with E-state index in [4.69, 9.17) is 26.8 Å². The number of anilines is 1. The van der Waals surface area contributed by atoms with E-state index in [1.54, 1.807) is 51.2 Å². The number of carbonyl (C=O) groups excluding carboxylic acids is 2. The van der Waals surface area contributed by atoms with Gasteiger partial charge in [-0.15, -0.1) is 0 Å². The third-order valence-corrected chi connectivity index (χ3v) is 7.03. The predicted molar refractivity (Wildman–Crippen MR) is 154 cm³/mol. The number of hydrogen-bond donors (Lipinski definition) is 2. The van der Waals surface area contributed by atoms with E-state index in [9.17, 15) is 18.4 Å². The van der Waals surface area contributed by atoms with Gasteiger partial charge in [-0.25, -0.2) is 4.79 Å². The molecule has 3 N–H and O–H groups in total. The summed E-state index contributed by atoms with van der Waals surface area (Å²) in [5.41, 5.74) is 9.43. The molecule has 1 aliphatic rings. The van der Waals surface area contributed by atoms with E-state index >= 15 is 0 Å². The van der Waals surface area contributed by atoms with Crippen molar-refractivity contribution in [3.8, 4) is 28.1 Å². The van der Waals surface area contributed by atoms with Crippen LogP contribution in [0.3, 0.4) is 0 Å². The summed E-state index contributed by atoms with van der Waals surface area (Å²) in [4.78, 5) is 30.6. The van der Waals surface area contributed by atoms with Gasteiger partial charge in [-0.3, -0.25) is 9.78 Å². The molecule has 0 radical (unpaired) electrons. The van der Waals surface area contributed by atoms with Crippen LogP contribution in [0, 0.1) is 6.92 Å². The van der Waals surface area contributed by atoms with Gasteiger partial charge >= 0.3 is 12.7 Å². The van der Waals surface area contributed by atoms with Crippen LogP contribution < -0.4 is 15.8 Å². The number of nitrogen functional groups attached to an aromatic ring is 1. The fourth-order valence-corrected chi connectivity index (χ4v) is 4.98. The number of pyridine rings is 1. The Morgan fingerprint density at radius 3 is 2.63 bits per heavy atom. The molecule has 1 atom stereocenters. The lowest BCUT2D eigenvalue weighted by Gasteiger charge is -2.29. The van der Waals surface area contributed by atoms with Crippen LogP contribution in [-0.2, 0) is 16.1 Å². The molecule has 2 aromatic carbocycles. The number of nitrogens with two attached hydrogens (primary N) is 1. The Kier molecular flexibility index (Phi) is 9.01. The van der Waals surface area contributed by atoms with Gasteiger partial charge in [0.25, 0.3) is 0 Å². The van der Waals surface area contributed by atoms with Crippen LogP contribution in [0.2, 0.25) is 5.02 Å². The molecule has 1 fully saturated rings. The molecular formula is C30H33ClF2N4O4. The lowest BCUT2D eigenvalue weighted by Crippen LogP contribution is -2.43. The van der Waals surface area contributed by atoms with Crippen molar-refractivity contribution in [1.82, 2.24) is 15.2 Å². The van der Waals surface area contributed by atoms with Gasteiger partial charge in [-0.1, -0.05) is 35.9 Å². The average Bonchev–Trinajstić information content (AvgIpc) is 3.30. The van der Waals surface area contributed by atoms with Crippen LogP contribution in [-0.4, -0.2) is 46.7 Å². The molecule has 1 saturated heterocycles. The number of halogens is 3. The number of benzene rings is 2. The van der Waals surface area contributed by atoms with E-state index in [0.717, 1.165) is 11.1 Å². The van der Waals surface area contributed by atoms with Crippen molar-refractivity contribution >= 4 is 29.3 Å². The number of nitrogens with zero attached hydrogens (tertiary/aromatic N) is 2. The molecule has 1 aliphatic heterocycles. The smallest absolute Gasteiger partial charge is 0.410 e. The minimum Gasteiger partial charge on any atom is -0.444 e. The van der Waals surface area contributed by atoms with Gasteiger partial charge in [-0.05, 0) is 63.4 Å². The number of hydrogen-bond acceptors (Lipinski definition) is 6. The first-order valence-corrected chi connectivity index (χ1v) is 13.6. The predicted octanol–water partition coefficient (Wildman–Crippen LogP) is 6.58. The topological polar surface area (TPSA) is 107 Å². The largest absolute Gasteiger partial charge is 0.444 e. The number of aromatic nitrogens is 1. The van der Waals surface area contributed by atoms with E-state index in [2.05, 4.69) is 10.3 Å². The second-order valence-corrected chi connectivity index (χ2v) is 11.3. The Labute approximate surface area is 242 Å². The summed E-state index contributed by atoms with van der Waals surface area (Å²) in [6, 6.07) is 11.7. The summed E-state index contributed by atoms with van der Waals surface area (Å²) >= 11 is 6.80. The maximum Gasteiger partial charge on any atom is 0.410 e. The van der Waals surface area contributed by atoms with E-state index in [1.165, 1.54) is 11.0 Å². The van der Waals surface area contributed by atoms with Crippen molar-refractivity contribution in [3.05, 3.63) is 64.8 Å². The fourth-order valence-electron chi connectivity index (χ4n) is 4.65. The van der Waals surface area contributed by atoms with Gasteiger partial charge in [0, 0.05) is 47.6 Å². The molecule has 0 bridgehead atoms. The molecule has 2 amide bonds. The molecule has 41 heavy (non-hydrogen) atoms. The molecule has 8 nitrogen and oxygen atoms in total. The third-order valence-electron chi connectivity index (χ3n) is 6.65. The Morgan fingerprint density at radius 2 is 1.98 bits per heavy atom. The van der Waals surface area contributed by atoms with Crippen molar-refractivity contribution in [2.24, 2.45) is 0 Å². The molecule has 0 aliphatic carbocycles. The van der Waals surface area contributed by atoms with Gasteiger partial charge in [0.1, 0.15) is 11.4 Å². The molecule has 4 rings (SSSR count). The Balaban J connectivity index is 1.70. The van der Waals surface area contributed by atoms with Gasteiger partial charge in [-0.2, -0.15) is 8.78 Å². The molecule has 11 heteroatoms. The van der Waals surface area contributed by atoms with Crippen LogP contribution >= 0.6 is 11.6 Å². The summed E-state index contributed by atoms with van der Waals surface area (Å²) in [5.74, 6) is -0.241. The quantitative estimate of drug-likeness (QED) is 0.289. The highest BCUT2D eigenvalue weighted by atomic mass is 35.5. The molecule has 3 aromatic rings. The summed E-state index contributed by atoms with van der Waals surface area (Å²) in [6.45, 7) is 4.03. The monoisotopic (exact) mass is 586 g/mol. The van der Waals surface area contributed by atoms with E-state index in [-0.39, 0.29) is 30.8 Å². The number of rotatable bonds is 8. The van der Waals surface area contributed by atoms with Crippen molar-refractivity contribution in [1.29, 1.82) is 0 Å². The van der Waals surface area contributed by atoms with Gasteiger partial charge in [0.15, 0.2) is 0 Å². The number of ether oxygens (including phenoxy) is 2. The maximum absolute atomic E-state index is 13.5. The van der Waals surface area contributed by atoms with Crippen molar-refractivity contribution in [3.63, 3.8) is 0 Å². The first-order valence-electron chi connectivity index (χ1n) is 13.2. The standard InChI is InChI=1S/C30H33ClF2N4O4/c1-17-21(6-5-7-23(17)34)22-12-13-35-27(26(22)31)18-8-9-19(24(14-18)40-28(32)33)15-37(29(39)41-30(2,3)4)16-20-10-11-25(38)36-20/h5-9,12-14,20,28H,10-11,15-16,34H2,1-4H3,(H,36,38)/t20-/m0/s1. The molecular weight excluding hydrogens is 554 g/mol. The van der Waals surface area contributed by atoms with Gasteiger partial charge in [0.2, 0.25) is 5.91 Å². The van der Waals surface area contributed by atoms with Crippen molar-refractivity contribution < 1.29 is 27.8 Å². The molecule has 2 heterocycles. The van der Waals surface area contributed by atoms with Crippen LogP contribution in [0.5, 0.6) is 5.75 Å². The second-order valence-electron chi connectivity index (χ2n) is 10.9. The molecule has 1 aromatic heterocycles. The van der Waals surface area contributed by atoms with Crippen molar-refractivity contribution in [2.45, 2.75) is 65.3 Å². The van der Waals surface area contributed by atoms with Gasteiger partial charge in [0.05, 0.1) is 17.3 Å². The summed E-state index contributed by atoms with van der Waals surface area (Å²) < 4.78 is 37.5. The second kappa shape index (κ2) is 12.3. The maximum atomic E-state index is 13.5. The highest BCUT2D eigenvalue weighted by molar-refractivity contribution is 6.35. The number of nitrogens with one attached hydrogen (secondary N) is 1. The van der Waals surface area contributed by atoms with Crippen molar-refractivity contribution in [2.75, 3.05) is 12.3 Å². The average molecular weight is 587 g/mol. The van der Waals surface area contributed by atoms with Crippen LogP contribution in [0.15, 0.2) is 48.7 Å². The molecule has 218 valence electrons. The highest BCUT2D eigenvalue weighted by Crippen LogP contribution is 2.39. The Bertz CT molecular complexity index is 1440. The Hall–Kier alpha value is -3.92. The SMILES string of the molecule is Cc1c(N)cccc1-c1ccnc(-c2ccc(CN(C[C@@H]3CCC(=O)N3)C(=O)OC(C)(C)C)c(OC(F)F)c2)c1Cl. The van der Waals surface area contributed by atoms with Crippen LogP contribution in [0.25, 0.3) is 22.4 Å². The minimum absolute atomic E-state index is 0.0900. The van der Waals surface area contributed by atoms with E-state index < -0.39 is 18.3 Å². The zero-order valence-electron chi connectivity index (χ0n) is 23.3. The lowest BCUT2D eigenvalue weighted by molar-refractivity contribution is -0.119. The zero-order chi connectivity index (χ0) is 29.9. The zero-order valence-corrected chi connectivity index (χ0v) is 24.1. The summed E-state index contributed by atoms with van der Waals surface area (Å²) in [7, 11) is 0. The minimum atomic E-state index is -3.11. The number of alkyl halides is 2. The molecule has 0 saturated carbocycles. The third kappa shape index (κ3) is 7.43. The van der Waals surface area contributed by atoms with Crippen LogP contribution in [0.4, 0.5) is 19.3 Å². The number of carbonyl (C=O) groups is 2. The molecule has 0 unspecified atom stereocenters. The lowest BCUT2D eigenvalue weighted by atomic mass is 9.98. The van der Waals surface area contributed by atoms with Crippen LogP contribution in [0.1, 0.15) is 44.7 Å². The Morgan fingerprint density at radius 1 is 1.22 bits per heavy atom. The summed E-state index contributed by atoms with van der Waals surface area (Å²) in [6.07, 6.45) is 1.84. The molecule has 0 spiro atoms. The van der Waals surface area contributed by atoms with E-state index in [0.29, 0.717) is 45.9 Å². The summed E-state index contributed by atoms with van der Waals surface area (Å²) in [5, 5.41) is 3.15. The fraction of sp³-hybridized carbons (Fsp3) is 0.367. The van der Waals surface area contributed by atoms with E-state index in [1.807, 2.05) is 19.1 Å². The normalized spacial score (nSPS) is 15.1. The first kappa shape index (κ1) is 30.0. The highest BCUT2D eigenvalue weighted by Gasteiger charge is 2.29. The number of amides is 2. The first-order chi connectivity index (χ1) is 19.3.